The van der Waals surface area contributed by atoms with Crippen molar-refractivity contribution in [2.24, 2.45) is 5.73 Å². The monoisotopic (exact) mass is 232 g/mol. The van der Waals surface area contributed by atoms with E-state index in [4.69, 9.17) is 5.73 Å². The van der Waals surface area contributed by atoms with Gasteiger partial charge in [0, 0.05) is 12.6 Å². The van der Waals surface area contributed by atoms with E-state index >= 15 is 0 Å². The standard InChI is InChI=1S/C13H16N2O2/c14-12(16)13-5-6-15(17)10(8-13)7-9-3-1-2-4-11(9)13/h1-4,10,17H,5-8H2,(H2,14,16). The van der Waals surface area contributed by atoms with Crippen LogP contribution >= 0.6 is 0 Å². The van der Waals surface area contributed by atoms with Crippen LogP contribution in [0.2, 0.25) is 0 Å². The van der Waals surface area contributed by atoms with Gasteiger partial charge in [-0.25, -0.2) is 0 Å². The summed E-state index contributed by atoms with van der Waals surface area (Å²) in [5, 5.41) is 11.2. The van der Waals surface area contributed by atoms with Crippen molar-refractivity contribution in [1.82, 2.24) is 5.06 Å². The number of carbonyl (C=O) groups excluding carboxylic acids is 1. The van der Waals surface area contributed by atoms with Crippen molar-refractivity contribution in [2.45, 2.75) is 30.7 Å². The fourth-order valence-corrected chi connectivity index (χ4v) is 3.30. The first-order valence-electron chi connectivity index (χ1n) is 5.97. The molecule has 1 aromatic carbocycles. The van der Waals surface area contributed by atoms with Gasteiger partial charge < -0.3 is 10.9 Å². The Labute approximate surface area is 100.0 Å². The maximum absolute atomic E-state index is 11.9. The Bertz CT molecular complexity index is 474. The van der Waals surface area contributed by atoms with E-state index in [0.717, 1.165) is 17.5 Å². The van der Waals surface area contributed by atoms with Gasteiger partial charge in [-0.05, 0) is 30.4 Å². The lowest BCUT2D eigenvalue weighted by Crippen LogP contribution is -2.57. The lowest BCUT2D eigenvalue weighted by atomic mass is 9.64. The minimum atomic E-state index is -0.571. The number of rotatable bonds is 1. The van der Waals surface area contributed by atoms with Crippen molar-refractivity contribution < 1.29 is 10.0 Å². The number of hydroxylamine groups is 2. The van der Waals surface area contributed by atoms with Crippen molar-refractivity contribution in [2.75, 3.05) is 6.54 Å². The van der Waals surface area contributed by atoms with E-state index in [1.54, 1.807) is 0 Å². The van der Waals surface area contributed by atoms with Crippen LogP contribution in [0.3, 0.4) is 0 Å². The van der Waals surface area contributed by atoms with Gasteiger partial charge in [0.25, 0.3) is 0 Å². The smallest absolute Gasteiger partial charge is 0.228 e. The van der Waals surface area contributed by atoms with E-state index in [1.807, 2.05) is 24.3 Å². The average Bonchev–Trinajstić information content (AvgIpc) is 2.34. The summed E-state index contributed by atoms with van der Waals surface area (Å²) < 4.78 is 0. The van der Waals surface area contributed by atoms with Crippen LogP contribution < -0.4 is 5.73 Å². The Hall–Kier alpha value is -1.39. The first-order chi connectivity index (χ1) is 8.13. The zero-order valence-corrected chi connectivity index (χ0v) is 9.60. The van der Waals surface area contributed by atoms with Gasteiger partial charge >= 0.3 is 0 Å². The highest BCUT2D eigenvalue weighted by Gasteiger charge is 2.49. The average molecular weight is 232 g/mol. The molecule has 1 heterocycles. The third-order valence-corrected chi connectivity index (χ3v) is 4.23. The van der Waals surface area contributed by atoms with Crippen LogP contribution in [0.5, 0.6) is 0 Å². The number of fused-ring (bicyclic) bond motifs is 4. The number of amides is 1. The van der Waals surface area contributed by atoms with Crippen molar-refractivity contribution in [1.29, 1.82) is 0 Å². The maximum Gasteiger partial charge on any atom is 0.228 e. The quantitative estimate of drug-likeness (QED) is 0.753. The molecule has 2 bridgehead atoms. The molecule has 1 aromatic rings. The van der Waals surface area contributed by atoms with E-state index < -0.39 is 5.41 Å². The molecule has 1 saturated heterocycles. The highest BCUT2D eigenvalue weighted by molar-refractivity contribution is 5.88. The molecule has 1 aliphatic carbocycles. The van der Waals surface area contributed by atoms with Gasteiger partial charge in [-0.1, -0.05) is 24.3 Å². The van der Waals surface area contributed by atoms with Gasteiger partial charge in [-0.2, -0.15) is 5.06 Å². The molecule has 1 aliphatic heterocycles. The van der Waals surface area contributed by atoms with Crippen LogP contribution in [0.4, 0.5) is 0 Å². The number of carbonyl (C=O) groups is 1. The fraction of sp³-hybridized carbons (Fsp3) is 0.462. The minimum absolute atomic E-state index is 0.0196. The Kier molecular flexibility index (Phi) is 2.24. The summed E-state index contributed by atoms with van der Waals surface area (Å²) in [5.41, 5.74) is 7.27. The van der Waals surface area contributed by atoms with E-state index in [0.29, 0.717) is 19.4 Å². The summed E-state index contributed by atoms with van der Waals surface area (Å²) in [4.78, 5) is 11.9. The van der Waals surface area contributed by atoms with Crippen LogP contribution in [-0.2, 0) is 16.6 Å². The first kappa shape index (κ1) is 10.7. The Morgan fingerprint density at radius 1 is 1.47 bits per heavy atom. The highest BCUT2D eigenvalue weighted by Crippen LogP contribution is 2.44. The molecular formula is C13H16N2O2. The molecule has 2 unspecified atom stereocenters. The molecule has 0 radical (unpaired) electrons. The Morgan fingerprint density at radius 3 is 3.00 bits per heavy atom. The fourth-order valence-electron chi connectivity index (χ4n) is 3.30. The number of benzene rings is 1. The van der Waals surface area contributed by atoms with Crippen LogP contribution in [0.15, 0.2) is 24.3 Å². The third-order valence-electron chi connectivity index (χ3n) is 4.23. The zero-order valence-electron chi connectivity index (χ0n) is 9.60. The molecule has 2 atom stereocenters. The minimum Gasteiger partial charge on any atom is -0.369 e. The van der Waals surface area contributed by atoms with E-state index in [-0.39, 0.29) is 11.9 Å². The normalized spacial score (nSPS) is 31.9. The molecule has 4 heteroatoms. The summed E-state index contributed by atoms with van der Waals surface area (Å²) in [6.07, 6.45) is 2.03. The topological polar surface area (TPSA) is 66.6 Å². The number of nitrogens with zero attached hydrogens (tertiary/aromatic N) is 1. The van der Waals surface area contributed by atoms with Gasteiger partial charge in [0.15, 0.2) is 0 Å². The van der Waals surface area contributed by atoms with Crippen LogP contribution in [0, 0.1) is 0 Å². The number of primary amides is 1. The third kappa shape index (κ3) is 1.41. The molecule has 1 amide bonds. The number of piperidine rings is 1. The first-order valence-corrected chi connectivity index (χ1v) is 5.97. The molecule has 17 heavy (non-hydrogen) atoms. The predicted molar refractivity (Wildman–Crippen MR) is 62.5 cm³/mol. The molecule has 4 nitrogen and oxygen atoms in total. The molecule has 0 saturated carbocycles. The van der Waals surface area contributed by atoms with Gasteiger partial charge in [0.05, 0.1) is 5.41 Å². The van der Waals surface area contributed by atoms with Crippen LogP contribution in [0.1, 0.15) is 24.0 Å². The number of hydrogen-bond donors (Lipinski definition) is 2. The van der Waals surface area contributed by atoms with Crippen LogP contribution in [0.25, 0.3) is 0 Å². The molecule has 3 N–H and O–H groups in total. The lowest BCUT2D eigenvalue weighted by molar-refractivity contribution is -0.163. The summed E-state index contributed by atoms with van der Waals surface area (Å²) >= 11 is 0. The zero-order chi connectivity index (χ0) is 12.0. The van der Waals surface area contributed by atoms with E-state index in [1.165, 1.54) is 5.06 Å². The van der Waals surface area contributed by atoms with Gasteiger partial charge in [0.2, 0.25) is 5.91 Å². The van der Waals surface area contributed by atoms with Gasteiger partial charge in [0.1, 0.15) is 0 Å². The second kappa shape index (κ2) is 3.55. The van der Waals surface area contributed by atoms with Gasteiger partial charge in [-0.3, -0.25) is 4.79 Å². The molecule has 0 spiro atoms. The molecule has 3 rings (SSSR count). The molecular weight excluding hydrogens is 216 g/mol. The number of hydrogen-bond acceptors (Lipinski definition) is 3. The highest BCUT2D eigenvalue weighted by atomic mass is 16.5. The van der Waals surface area contributed by atoms with E-state index in [9.17, 15) is 10.0 Å². The lowest BCUT2D eigenvalue weighted by Gasteiger charge is -2.47. The van der Waals surface area contributed by atoms with E-state index in [2.05, 4.69) is 0 Å². The maximum atomic E-state index is 11.9. The Balaban J connectivity index is 2.16. The molecule has 90 valence electrons. The molecule has 0 aromatic heterocycles. The predicted octanol–water partition coefficient (Wildman–Crippen LogP) is 0.819. The second-order valence-electron chi connectivity index (χ2n) is 5.08. The summed E-state index contributed by atoms with van der Waals surface area (Å²) in [6.45, 7) is 0.516. The van der Waals surface area contributed by atoms with Gasteiger partial charge in [-0.15, -0.1) is 0 Å². The number of nitrogens with two attached hydrogens (primary N) is 1. The van der Waals surface area contributed by atoms with Crippen LogP contribution in [-0.4, -0.2) is 28.8 Å². The SMILES string of the molecule is NC(=O)C12CCN(O)C(Cc3ccccc31)C2. The van der Waals surface area contributed by atoms with Crippen molar-refractivity contribution >= 4 is 5.91 Å². The Morgan fingerprint density at radius 2 is 2.24 bits per heavy atom. The summed E-state index contributed by atoms with van der Waals surface area (Å²) in [7, 11) is 0. The second-order valence-corrected chi connectivity index (χ2v) is 5.08. The summed E-state index contributed by atoms with van der Waals surface area (Å²) in [6, 6.07) is 7.97. The van der Waals surface area contributed by atoms with Crippen molar-refractivity contribution in [3.63, 3.8) is 0 Å². The molecule has 2 aliphatic rings. The van der Waals surface area contributed by atoms with Crippen molar-refractivity contribution in [3.8, 4) is 0 Å². The largest absolute Gasteiger partial charge is 0.369 e. The summed E-state index contributed by atoms with van der Waals surface area (Å²) in [5.74, 6) is -0.261. The molecule has 1 fully saturated rings. The van der Waals surface area contributed by atoms with Crippen molar-refractivity contribution in [3.05, 3.63) is 35.4 Å².